The Hall–Kier alpha value is -3.69. The zero-order valence-electron chi connectivity index (χ0n) is 20.0. The number of hydrogen-bond donors (Lipinski definition) is 5. The second-order valence-electron chi connectivity index (χ2n) is 8.38. The summed E-state index contributed by atoms with van der Waals surface area (Å²) in [5.74, 6) is -2.94. The van der Waals surface area contributed by atoms with Crippen LogP contribution in [0.1, 0.15) is 57.4 Å². The van der Waals surface area contributed by atoms with Crippen molar-refractivity contribution in [3.05, 3.63) is 36.0 Å². The predicted octanol–water partition coefficient (Wildman–Crippen LogP) is 1.83. The van der Waals surface area contributed by atoms with Crippen molar-refractivity contribution in [1.82, 2.24) is 20.9 Å². The van der Waals surface area contributed by atoms with Crippen LogP contribution in [-0.4, -0.2) is 58.7 Å². The summed E-state index contributed by atoms with van der Waals surface area (Å²) in [7, 11) is 0. The lowest BCUT2D eigenvalue weighted by molar-refractivity contribution is -0.141. The summed E-state index contributed by atoms with van der Waals surface area (Å²) in [6.45, 7) is 2.39. The van der Waals surface area contributed by atoms with E-state index in [4.69, 9.17) is 5.11 Å². The number of H-pyrrole nitrogens is 1. The van der Waals surface area contributed by atoms with E-state index in [1.165, 1.54) is 0 Å². The van der Waals surface area contributed by atoms with E-state index in [2.05, 4.69) is 20.9 Å². The fourth-order valence-corrected chi connectivity index (χ4v) is 3.72. The number of aliphatic carboxylic acids is 1. The van der Waals surface area contributed by atoms with Gasteiger partial charge in [0.25, 0.3) is 0 Å². The molecule has 35 heavy (non-hydrogen) atoms. The van der Waals surface area contributed by atoms with Crippen LogP contribution in [0.3, 0.4) is 0 Å². The molecule has 1 aromatic heterocycles. The molecular formula is C25H34N4O6. The zero-order valence-corrected chi connectivity index (χ0v) is 20.0. The minimum Gasteiger partial charge on any atom is -0.481 e. The van der Waals surface area contributed by atoms with Gasteiger partial charge in [0, 0.05) is 36.5 Å². The number of fused-ring (bicyclic) bond motifs is 1. The lowest BCUT2D eigenvalue weighted by atomic mass is 10.1. The summed E-state index contributed by atoms with van der Waals surface area (Å²) in [6, 6.07) is 5.35. The molecule has 10 heteroatoms. The average Bonchev–Trinajstić information content (AvgIpc) is 3.25. The quantitative estimate of drug-likeness (QED) is 0.180. The Bertz CT molecular complexity index is 1020. The second kappa shape index (κ2) is 14.5. The molecule has 5 N–H and O–H groups in total. The van der Waals surface area contributed by atoms with E-state index in [0.717, 1.165) is 35.7 Å². The molecule has 0 aliphatic heterocycles. The van der Waals surface area contributed by atoms with Gasteiger partial charge >= 0.3 is 5.97 Å². The third-order valence-corrected chi connectivity index (χ3v) is 5.61. The number of aromatic nitrogens is 1. The number of amides is 3. The van der Waals surface area contributed by atoms with E-state index in [-0.39, 0.29) is 25.2 Å². The van der Waals surface area contributed by atoms with Gasteiger partial charge in [-0.3, -0.25) is 19.2 Å². The Morgan fingerprint density at radius 3 is 2.54 bits per heavy atom. The van der Waals surface area contributed by atoms with Crippen molar-refractivity contribution in [2.75, 3.05) is 6.54 Å². The Labute approximate surface area is 204 Å². The van der Waals surface area contributed by atoms with Crippen LogP contribution in [0.2, 0.25) is 0 Å². The molecule has 0 saturated heterocycles. The van der Waals surface area contributed by atoms with Gasteiger partial charge in [-0.1, -0.05) is 38.0 Å². The van der Waals surface area contributed by atoms with Gasteiger partial charge in [-0.05, 0) is 30.9 Å². The minimum absolute atomic E-state index is 0.0215. The van der Waals surface area contributed by atoms with Gasteiger partial charge in [0.15, 0.2) is 0 Å². The normalized spacial score (nSPS) is 12.5. The molecule has 0 radical (unpaired) electrons. The lowest BCUT2D eigenvalue weighted by Crippen LogP contribution is -2.54. The fraction of sp³-hybridized carbons (Fsp3) is 0.480. The Morgan fingerprint density at radius 1 is 1.06 bits per heavy atom. The molecule has 0 saturated carbocycles. The van der Waals surface area contributed by atoms with Gasteiger partial charge in [0.1, 0.15) is 18.4 Å². The number of aryl methyl sites for hydroxylation is 1. The molecule has 190 valence electrons. The van der Waals surface area contributed by atoms with E-state index in [0.29, 0.717) is 19.3 Å². The van der Waals surface area contributed by atoms with Gasteiger partial charge < -0.3 is 30.8 Å². The van der Waals surface area contributed by atoms with Crippen molar-refractivity contribution in [1.29, 1.82) is 0 Å². The predicted molar refractivity (Wildman–Crippen MR) is 131 cm³/mol. The number of carboxylic acids is 1. The maximum atomic E-state index is 12.8. The number of aldehydes is 1. The summed E-state index contributed by atoms with van der Waals surface area (Å²) in [5.41, 5.74) is 1.93. The van der Waals surface area contributed by atoms with Gasteiger partial charge in [0.05, 0.1) is 6.42 Å². The number of para-hydroxylation sites is 1. The standard InChI is InChI=1S/C25H34N4O6/c1-2-3-6-13-26-24(34)21(15-23(32)33)29-25(35)20(10-7-14-30)28-22(31)12-11-17-16-27-19-9-5-4-8-18(17)19/h4-5,8-9,14,16,20-21,27H,2-3,6-7,10-13,15H2,1H3,(H,26,34)(H,28,31)(H,29,35)(H,32,33). The summed E-state index contributed by atoms with van der Waals surface area (Å²) in [4.78, 5) is 63.1. The van der Waals surface area contributed by atoms with Crippen LogP contribution in [0.25, 0.3) is 10.9 Å². The van der Waals surface area contributed by atoms with Crippen molar-refractivity contribution >= 4 is 40.9 Å². The van der Waals surface area contributed by atoms with Crippen LogP contribution in [0.5, 0.6) is 0 Å². The van der Waals surface area contributed by atoms with E-state index in [9.17, 15) is 24.0 Å². The average molecular weight is 487 g/mol. The Kier molecular flexibility index (Phi) is 11.5. The lowest BCUT2D eigenvalue weighted by Gasteiger charge is -2.22. The summed E-state index contributed by atoms with van der Waals surface area (Å²) >= 11 is 0. The topological polar surface area (TPSA) is 157 Å². The van der Waals surface area contributed by atoms with Gasteiger partial charge in [-0.15, -0.1) is 0 Å². The Morgan fingerprint density at radius 2 is 1.83 bits per heavy atom. The molecule has 1 aromatic carbocycles. The SMILES string of the molecule is CCCCCNC(=O)C(CC(=O)O)NC(=O)C(CCC=O)NC(=O)CCc1c[nH]c2ccccc12. The Balaban J connectivity index is 1.98. The van der Waals surface area contributed by atoms with E-state index < -0.39 is 36.3 Å². The van der Waals surface area contributed by atoms with Gasteiger partial charge in [-0.2, -0.15) is 0 Å². The van der Waals surface area contributed by atoms with Crippen molar-refractivity contribution in [3.8, 4) is 0 Å². The first-order chi connectivity index (χ1) is 16.8. The number of nitrogens with one attached hydrogen (secondary N) is 4. The number of rotatable bonds is 16. The highest BCUT2D eigenvalue weighted by atomic mass is 16.4. The molecule has 0 aliphatic carbocycles. The molecular weight excluding hydrogens is 452 g/mol. The van der Waals surface area contributed by atoms with Gasteiger partial charge in [0.2, 0.25) is 17.7 Å². The largest absolute Gasteiger partial charge is 0.481 e. The maximum absolute atomic E-state index is 12.8. The van der Waals surface area contributed by atoms with E-state index >= 15 is 0 Å². The third kappa shape index (κ3) is 9.23. The highest BCUT2D eigenvalue weighted by Gasteiger charge is 2.28. The molecule has 0 bridgehead atoms. The molecule has 10 nitrogen and oxygen atoms in total. The number of unbranched alkanes of at least 4 members (excludes halogenated alkanes) is 2. The molecule has 1 heterocycles. The zero-order chi connectivity index (χ0) is 25.6. The fourth-order valence-electron chi connectivity index (χ4n) is 3.72. The monoisotopic (exact) mass is 486 g/mol. The molecule has 2 rings (SSSR count). The first-order valence-electron chi connectivity index (χ1n) is 11.9. The van der Waals surface area contributed by atoms with Crippen LogP contribution >= 0.6 is 0 Å². The minimum atomic E-state index is -1.29. The van der Waals surface area contributed by atoms with Crippen LogP contribution in [0.15, 0.2) is 30.5 Å². The smallest absolute Gasteiger partial charge is 0.305 e. The van der Waals surface area contributed by atoms with E-state index in [1.54, 1.807) is 0 Å². The highest BCUT2D eigenvalue weighted by molar-refractivity contribution is 5.94. The third-order valence-electron chi connectivity index (χ3n) is 5.61. The summed E-state index contributed by atoms with van der Waals surface area (Å²) in [6.07, 6.45) is 5.10. The molecule has 2 atom stereocenters. The molecule has 2 aromatic rings. The first-order valence-corrected chi connectivity index (χ1v) is 11.9. The molecule has 2 unspecified atom stereocenters. The van der Waals surface area contributed by atoms with Crippen molar-refractivity contribution in [3.63, 3.8) is 0 Å². The molecule has 0 spiro atoms. The highest BCUT2D eigenvalue weighted by Crippen LogP contribution is 2.19. The number of benzene rings is 1. The van der Waals surface area contributed by atoms with Crippen LogP contribution < -0.4 is 16.0 Å². The summed E-state index contributed by atoms with van der Waals surface area (Å²) in [5, 5.41) is 17.9. The number of carbonyl (C=O) groups excluding carboxylic acids is 4. The molecule has 0 fully saturated rings. The van der Waals surface area contributed by atoms with E-state index in [1.807, 2.05) is 37.4 Å². The van der Waals surface area contributed by atoms with Gasteiger partial charge in [-0.25, -0.2) is 0 Å². The number of carbonyl (C=O) groups is 5. The molecule has 0 aliphatic rings. The maximum Gasteiger partial charge on any atom is 0.305 e. The number of aromatic amines is 1. The van der Waals surface area contributed by atoms with Crippen molar-refractivity contribution < 1.29 is 29.1 Å². The van der Waals surface area contributed by atoms with Crippen LogP contribution in [0, 0.1) is 0 Å². The van der Waals surface area contributed by atoms with Crippen LogP contribution in [-0.2, 0) is 30.4 Å². The number of hydrogen-bond acceptors (Lipinski definition) is 5. The number of carboxylic acid groups (broad SMARTS) is 1. The first kappa shape index (κ1) is 27.6. The second-order valence-corrected chi connectivity index (χ2v) is 8.38. The van der Waals surface area contributed by atoms with Crippen LogP contribution in [0.4, 0.5) is 0 Å². The van der Waals surface area contributed by atoms with Crippen molar-refractivity contribution in [2.24, 2.45) is 0 Å². The summed E-state index contributed by atoms with van der Waals surface area (Å²) < 4.78 is 0. The molecule has 3 amide bonds. The van der Waals surface area contributed by atoms with Crippen molar-refractivity contribution in [2.45, 2.75) is 70.4 Å².